The molecule has 1 aliphatic rings. The average molecular weight is 331 g/mol. The lowest BCUT2D eigenvalue weighted by Crippen LogP contribution is -2.49. The van der Waals surface area contributed by atoms with Gasteiger partial charge in [0.2, 0.25) is 0 Å². The van der Waals surface area contributed by atoms with Gasteiger partial charge in [-0.05, 0) is 6.42 Å². The Morgan fingerprint density at radius 3 is 2.85 bits per heavy atom. The standard InChI is InChI=1S/C9H12F3N3O3S2/c10-9(11,12)18-5-4-15-3-1-7(14-20(15,16)17)8-13-2-6-19-8/h2,6-7,14H,1,3-5H2/t7-/m0/s1. The molecule has 0 aromatic carbocycles. The molecule has 2 rings (SSSR count). The van der Waals surface area contributed by atoms with Gasteiger partial charge in [-0.3, -0.25) is 4.74 Å². The fourth-order valence-electron chi connectivity index (χ4n) is 1.78. The first-order valence-electron chi connectivity index (χ1n) is 5.65. The molecule has 0 amide bonds. The summed E-state index contributed by atoms with van der Waals surface area (Å²) in [5.41, 5.74) is 0. The molecule has 2 heterocycles. The van der Waals surface area contributed by atoms with Crippen molar-refractivity contribution in [2.45, 2.75) is 18.8 Å². The molecule has 1 aromatic heterocycles. The number of halogens is 3. The number of ether oxygens (including phenoxy) is 1. The van der Waals surface area contributed by atoms with Gasteiger partial charge in [0.1, 0.15) is 5.01 Å². The fraction of sp³-hybridized carbons (Fsp3) is 0.667. The number of alkyl halides is 3. The third-order valence-corrected chi connectivity index (χ3v) is 5.17. The summed E-state index contributed by atoms with van der Waals surface area (Å²) in [6.45, 7) is -0.952. The van der Waals surface area contributed by atoms with Crippen LogP contribution < -0.4 is 4.72 Å². The van der Waals surface area contributed by atoms with Gasteiger partial charge in [0.15, 0.2) is 0 Å². The molecule has 1 atom stereocenters. The smallest absolute Gasteiger partial charge is 0.291 e. The van der Waals surface area contributed by atoms with E-state index in [1.165, 1.54) is 11.3 Å². The zero-order valence-corrected chi connectivity index (χ0v) is 11.8. The summed E-state index contributed by atoms with van der Waals surface area (Å²) in [7, 11) is -3.81. The normalized spacial score (nSPS) is 23.9. The molecule has 0 spiro atoms. The highest BCUT2D eigenvalue weighted by Gasteiger charge is 2.34. The quantitative estimate of drug-likeness (QED) is 0.902. The Balaban J connectivity index is 1.92. The second kappa shape index (κ2) is 5.93. The van der Waals surface area contributed by atoms with Crippen molar-refractivity contribution < 1.29 is 26.3 Å². The Bertz CT molecular complexity index is 532. The Morgan fingerprint density at radius 1 is 1.55 bits per heavy atom. The van der Waals surface area contributed by atoms with Crippen molar-refractivity contribution in [3.63, 3.8) is 0 Å². The minimum absolute atomic E-state index is 0.126. The van der Waals surface area contributed by atoms with Crippen molar-refractivity contribution in [3.8, 4) is 0 Å². The summed E-state index contributed by atoms with van der Waals surface area (Å²) >= 11 is 1.32. The minimum atomic E-state index is -4.75. The van der Waals surface area contributed by atoms with E-state index >= 15 is 0 Å². The van der Waals surface area contributed by atoms with Crippen molar-refractivity contribution in [2.75, 3.05) is 19.7 Å². The van der Waals surface area contributed by atoms with Crippen LogP contribution in [0.2, 0.25) is 0 Å². The van der Waals surface area contributed by atoms with Crippen LogP contribution >= 0.6 is 11.3 Å². The van der Waals surface area contributed by atoms with Gasteiger partial charge in [0.25, 0.3) is 10.2 Å². The maximum Gasteiger partial charge on any atom is 0.522 e. The van der Waals surface area contributed by atoms with E-state index in [0.29, 0.717) is 11.4 Å². The van der Waals surface area contributed by atoms with Gasteiger partial charge in [0.05, 0.1) is 12.6 Å². The van der Waals surface area contributed by atoms with Gasteiger partial charge in [-0.25, -0.2) is 4.98 Å². The molecule has 1 N–H and O–H groups in total. The number of thiazole rings is 1. The van der Waals surface area contributed by atoms with Crippen LogP contribution in [0.15, 0.2) is 11.6 Å². The number of aromatic nitrogens is 1. The van der Waals surface area contributed by atoms with E-state index in [2.05, 4.69) is 14.4 Å². The molecule has 6 nitrogen and oxygen atoms in total. The number of hydrogen-bond donors (Lipinski definition) is 1. The second-order valence-electron chi connectivity index (χ2n) is 4.03. The molecule has 0 bridgehead atoms. The topological polar surface area (TPSA) is 71.5 Å². The Morgan fingerprint density at radius 2 is 2.30 bits per heavy atom. The molecule has 11 heteroatoms. The molecule has 1 fully saturated rings. The summed E-state index contributed by atoms with van der Waals surface area (Å²) < 4.78 is 66.2. The van der Waals surface area contributed by atoms with Crippen LogP contribution in [0.1, 0.15) is 17.5 Å². The molecule has 1 aliphatic heterocycles. The highest BCUT2D eigenvalue weighted by atomic mass is 32.2. The summed E-state index contributed by atoms with van der Waals surface area (Å²) in [6, 6.07) is -0.431. The van der Waals surface area contributed by atoms with Gasteiger partial charge >= 0.3 is 6.36 Å². The summed E-state index contributed by atoms with van der Waals surface area (Å²) in [5.74, 6) is 0. The predicted molar refractivity (Wildman–Crippen MR) is 65.1 cm³/mol. The number of nitrogens with zero attached hydrogens (tertiary/aromatic N) is 2. The lowest BCUT2D eigenvalue weighted by Gasteiger charge is -2.31. The first-order valence-corrected chi connectivity index (χ1v) is 7.97. The van der Waals surface area contributed by atoms with Crippen molar-refractivity contribution in [3.05, 3.63) is 16.6 Å². The SMILES string of the molecule is O=S1(=O)N[C@H](c2nccs2)CCN1CCOC(F)(F)F. The zero-order chi connectivity index (χ0) is 14.8. The first-order chi connectivity index (χ1) is 9.28. The predicted octanol–water partition coefficient (Wildman–Crippen LogP) is 1.26. The molecule has 114 valence electrons. The summed E-state index contributed by atoms with van der Waals surface area (Å²) in [4.78, 5) is 4.02. The zero-order valence-electron chi connectivity index (χ0n) is 10.1. The van der Waals surface area contributed by atoms with Crippen molar-refractivity contribution in [1.29, 1.82) is 0 Å². The molecule has 1 saturated heterocycles. The summed E-state index contributed by atoms with van der Waals surface area (Å²) in [6.07, 6.45) is -2.74. The van der Waals surface area contributed by atoms with Crippen molar-refractivity contribution in [2.24, 2.45) is 0 Å². The van der Waals surface area contributed by atoms with E-state index in [0.717, 1.165) is 4.31 Å². The first kappa shape index (κ1) is 15.6. The number of rotatable bonds is 4. The van der Waals surface area contributed by atoms with Crippen molar-refractivity contribution >= 4 is 21.5 Å². The average Bonchev–Trinajstić information content (AvgIpc) is 2.82. The van der Waals surface area contributed by atoms with Crippen LogP contribution in [0.4, 0.5) is 13.2 Å². The number of nitrogens with one attached hydrogen (secondary N) is 1. The van der Waals surface area contributed by atoms with Crippen LogP contribution in [-0.2, 0) is 14.9 Å². The minimum Gasteiger partial charge on any atom is -0.291 e. The van der Waals surface area contributed by atoms with Crippen LogP contribution in [0.5, 0.6) is 0 Å². The third-order valence-electron chi connectivity index (χ3n) is 2.65. The van der Waals surface area contributed by atoms with Crippen LogP contribution in [0, 0.1) is 0 Å². The molecular weight excluding hydrogens is 319 g/mol. The van der Waals surface area contributed by atoms with E-state index in [1.54, 1.807) is 11.6 Å². The summed E-state index contributed by atoms with van der Waals surface area (Å²) in [5, 5.41) is 2.37. The Kier molecular flexibility index (Phi) is 4.64. The molecule has 20 heavy (non-hydrogen) atoms. The Labute approximate surface area is 117 Å². The van der Waals surface area contributed by atoms with Gasteiger partial charge in [0, 0.05) is 24.7 Å². The number of hydrogen-bond acceptors (Lipinski definition) is 5. The maximum atomic E-state index is 11.9. The fourth-order valence-corrected chi connectivity index (χ4v) is 3.98. The van der Waals surface area contributed by atoms with E-state index in [1.807, 2.05) is 0 Å². The van der Waals surface area contributed by atoms with Gasteiger partial charge in [-0.1, -0.05) is 0 Å². The molecule has 0 unspecified atom stereocenters. The highest BCUT2D eigenvalue weighted by molar-refractivity contribution is 7.87. The molecule has 1 aromatic rings. The van der Waals surface area contributed by atoms with E-state index in [9.17, 15) is 21.6 Å². The van der Waals surface area contributed by atoms with E-state index < -0.39 is 29.2 Å². The molecule has 0 saturated carbocycles. The maximum absolute atomic E-state index is 11.9. The largest absolute Gasteiger partial charge is 0.522 e. The highest BCUT2D eigenvalue weighted by Crippen LogP contribution is 2.25. The Hall–Kier alpha value is -0.750. The van der Waals surface area contributed by atoms with Gasteiger partial charge in [-0.15, -0.1) is 24.5 Å². The second-order valence-corrected chi connectivity index (χ2v) is 6.66. The molecule has 0 radical (unpaired) electrons. The molecular formula is C9H12F3N3O3S2. The third kappa shape index (κ3) is 4.12. The lowest BCUT2D eigenvalue weighted by molar-refractivity contribution is -0.324. The van der Waals surface area contributed by atoms with Crippen LogP contribution in [0.3, 0.4) is 0 Å². The van der Waals surface area contributed by atoms with Gasteiger partial charge in [-0.2, -0.15) is 17.4 Å². The molecule has 0 aliphatic carbocycles. The monoisotopic (exact) mass is 331 g/mol. The lowest BCUT2D eigenvalue weighted by atomic mass is 10.2. The van der Waals surface area contributed by atoms with Crippen LogP contribution in [0.25, 0.3) is 0 Å². The van der Waals surface area contributed by atoms with E-state index in [-0.39, 0.29) is 13.1 Å². The van der Waals surface area contributed by atoms with Gasteiger partial charge < -0.3 is 0 Å². The van der Waals surface area contributed by atoms with Crippen molar-refractivity contribution in [1.82, 2.24) is 14.0 Å². The van der Waals surface area contributed by atoms with E-state index in [4.69, 9.17) is 0 Å². The van der Waals surface area contributed by atoms with Crippen LogP contribution in [-0.4, -0.2) is 43.8 Å².